The second-order valence-electron chi connectivity index (χ2n) is 28.6. The van der Waals surface area contributed by atoms with E-state index < -0.39 is 41.3 Å². The van der Waals surface area contributed by atoms with Crippen molar-refractivity contribution in [2.45, 2.75) is 80.1 Å². The second kappa shape index (κ2) is 48.1. The standard InChI is InChI=1S/C36H36O7.C34H30O7.C32H28O5.C3H3ClO/c1-5-24(3)34(37)42-25(4)23-41-32-19-15-28(16-20-32)27-9-13-31(14-10-27)36(39)43-33-21-17-29(18-22-33)26-7-11-30(12-8-26)35(38)40-6-2;1-4-32(35)40-23(3)22-39-30-18-14-26(15-19-30)25-8-12-29(13-9-25)34(37)41-31-20-16-27(17-21-31)24-6-10-28(11-7-24)33(36)38-5-2;1-21(2)31(34)27-8-4-23(5-9-27)26-14-18-30(19-15-26)37-32(35)28-10-6-24(7-11-28)25-12-16-29(17-13-25)36-20-22(3)33;1-2-3(4)5/h7-22,24-25H,5-6,23H2,1-4H3;4,6-21,23H,1,5,22H2,2-3H3;4-19,22,33H,1,20H2,2-3H3;2H,1H2. The molecule has 0 fully saturated rings. The summed E-state index contributed by atoms with van der Waals surface area (Å²) in [6, 6.07) is 87.4. The lowest BCUT2D eigenvalue weighted by Crippen LogP contribution is -2.25. The van der Waals surface area contributed by atoms with Crippen LogP contribution >= 0.6 is 11.6 Å². The molecule has 644 valence electrons. The van der Waals surface area contributed by atoms with Gasteiger partial charge in [-0.25, -0.2) is 28.8 Å². The summed E-state index contributed by atoms with van der Waals surface area (Å²) >= 11 is 4.71. The molecule has 21 heteroatoms. The van der Waals surface area contributed by atoms with Crippen molar-refractivity contribution in [3.8, 4) is 101 Å². The van der Waals surface area contributed by atoms with Crippen LogP contribution in [0, 0.1) is 5.92 Å². The first-order chi connectivity index (χ1) is 60.7. The zero-order valence-corrected chi connectivity index (χ0v) is 71.9. The first kappa shape index (κ1) is 95.0. The molecule has 12 aromatic rings. The number of aliphatic hydroxyl groups is 1. The zero-order chi connectivity index (χ0) is 90.6. The number of aliphatic hydroxyl groups excluding tert-OH is 1. The van der Waals surface area contributed by atoms with Gasteiger partial charge in [0.2, 0.25) is 5.24 Å². The van der Waals surface area contributed by atoms with Crippen molar-refractivity contribution in [2.75, 3.05) is 33.0 Å². The highest BCUT2D eigenvalue weighted by atomic mass is 35.5. The average Bonchev–Trinajstić information content (AvgIpc) is 0.851. The molecule has 126 heavy (non-hydrogen) atoms. The lowest BCUT2D eigenvalue weighted by Gasteiger charge is -2.16. The average molecular weight is 1710 g/mol. The van der Waals surface area contributed by atoms with Crippen molar-refractivity contribution in [2.24, 2.45) is 5.92 Å². The number of ketones is 1. The number of benzene rings is 12. The number of carbonyl (C=O) groups excluding carboxylic acids is 9. The van der Waals surface area contributed by atoms with Gasteiger partial charge in [0.25, 0.3) is 0 Å². The van der Waals surface area contributed by atoms with Crippen molar-refractivity contribution >= 4 is 64.4 Å². The third-order valence-electron chi connectivity index (χ3n) is 18.9. The summed E-state index contributed by atoms with van der Waals surface area (Å²) in [5.41, 5.74) is 14.7. The summed E-state index contributed by atoms with van der Waals surface area (Å²) in [6.07, 6.45) is 1.63. The maximum Gasteiger partial charge on any atom is 0.343 e. The maximum absolute atomic E-state index is 12.8. The van der Waals surface area contributed by atoms with E-state index in [4.69, 9.17) is 59.0 Å². The summed E-state index contributed by atoms with van der Waals surface area (Å²) in [6.45, 7) is 25.8. The predicted molar refractivity (Wildman–Crippen MR) is 487 cm³/mol. The molecular weight excluding hydrogens is 1620 g/mol. The summed E-state index contributed by atoms with van der Waals surface area (Å²) in [4.78, 5) is 107. The SMILES string of the molecule is C=C(C)C(=O)c1ccc(-c2ccc(OC(=O)c3ccc(-c4ccc(OCC(C)O)cc4)cc3)cc2)cc1.C=CC(=O)Cl.C=CC(=O)OC(C)COc1ccc(-c2ccc(C(=O)Oc3ccc(-c4ccc(C(=O)OCC)cc4)cc3)cc2)cc1.CCOC(=O)c1ccc(-c2ccc(OC(=O)c3ccc(-c4ccc(OCC(C)OC(=O)C(C)CC)cc4)cc3)cc2)cc1. The minimum absolute atomic E-state index is 0.0710. The number of halogens is 1. The Morgan fingerprint density at radius 1 is 0.325 bits per heavy atom. The van der Waals surface area contributed by atoms with Gasteiger partial charge < -0.3 is 52.5 Å². The topological polar surface area (TPSA) is 266 Å². The molecule has 0 saturated heterocycles. The molecule has 0 aliphatic rings. The lowest BCUT2D eigenvalue weighted by atomic mass is 10.0. The Bertz CT molecular complexity index is 5660. The number of allylic oxidation sites excluding steroid dienone is 2. The van der Waals surface area contributed by atoms with Gasteiger partial charge >= 0.3 is 41.8 Å². The van der Waals surface area contributed by atoms with Gasteiger partial charge in [0.15, 0.2) is 5.78 Å². The Kier molecular flexibility index (Phi) is 36.3. The molecule has 0 aromatic heterocycles. The van der Waals surface area contributed by atoms with Gasteiger partial charge in [-0.15, -0.1) is 0 Å². The highest BCUT2D eigenvalue weighted by Crippen LogP contribution is 2.32. The number of hydrogen-bond donors (Lipinski definition) is 1. The molecule has 0 aliphatic heterocycles. The third-order valence-corrected chi connectivity index (χ3v) is 19.0. The number of hydrogen-bond acceptors (Lipinski definition) is 20. The van der Waals surface area contributed by atoms with Gasteiger partial charge in [-0.2, -0.15) is 0 Å². The van der Waals surface area contributed by atoms with Crippen LogP contribution in [0.4, 0.5) is 0 Å². The van der Waals surface area contributed by atoms with E-state index in [1.165, 1.54) is 0 Å². The van der Waals surface area contributed by atoms with Crippen molar-refractivity contribution in [3.05, 3.63) is 362 Å². The molecule has 1 N–H and O–H groups in total. The summed E-state index contributed by atoms with van der Waals surface area (Å²) < 4.78 is 54.2. The number of carbonyl (C=O) groups is 9. The van der Waals surface area contributed by atoms with E-state index in [0.29, 0.717) is 86.7 Å². The van der Waals surface area contributed by atoms with E-state index in [0.717, 1.165) is 85.3 Å². The fraction of sp³-hybridized carbons (Fsp3) is 0.171. The van der Waals surface area contributed by atoms with Crippen LogP contribution in [-0.4, -0.2) is 109 Å². The van der Waals surface area contributed by atoms with E-state index in [-0.39, 0.29) is 55.5 Å². The molecule has 0 radical (unpaired) electrons. The molecule has 0 amide bonds. The van der Waals surface area contributed by atoms with Crippen LogP contribution < -0.4 is 28.4 Å². The monoisotopic (exact) mass is 1710 g/mol. The van der Waals surface area contributed by atoms with Gasteiger partial charge in [0, 0.05) is 11.6 Å². The Balaban J connectivity index is 0.000000208. The second-order valence-corrected chi connectivity index (χ2v) is 29.0. The van der Waals surface area contributed by atoms with E-state index in [9.17, 15) is 48.3 Å². The molecule has 4 atom stereocenters. The minimum atomic E-state index is -0.526. The molecule has 12 aromatic carbocycles. The van der Waals surface area contributed by atoms with Crippen molar-refractivity contribution in [1.29, 1.82) is 0 Å². The molecule has 0 bridgehead atoms. The van der Waals surface area contributed by atoms with Gasteiger partial charge in [-0.3, -0.25) is 14.4 Å². The van der Waals surface area contributed by atoms with Crippen LogP contribution in [0.15, 0.2) is 329 Å². The zero-order valence-electron chi connectivity index (χ0n) is 71.1. The number of Topliss-reactive ketones (excluding diaryl/α,β-unsaturated/α-hetero) is 1. The quantitative estimate of drug-likeness (QED) is 0.01000. The van der Waals surface area contributed by atoms with Crippen molar-refractivity contribution < 1.29 is 95.6 Å². The highest BCUT2D eigenvalue weighted by molar-refractivity contribution is 6.66. The Labute approximate surface area is 738 Å². The van der Waals surface area contributed by atoms with E-state index in [2.05, 4.69) is 19.7 Å². The van der Waals surface area contributed by atoms with Gasteiger partial charge in [-0.05, 0) is 271 Å². The minimum Gasteiger partial charge on any atom is -0.491 e. The fourth-order valence-corrected chi connectivity index (χ4v) is 11.8. The van der Waals surface area contributed by atoms with Gasteiger partial charge in [-0.1, -0.05) is 191 Å². The molecule has 0 spiro atoms. The number of ether oxygens (including phenoxy) is 10. The Morgan fingerprint density at radius 3 is 0.770 bits per heavy atom. The molecule has 4 unspecified atom stereocenters. The fourth-order valence-electron chi connectivity index (χ4n) is 11.8. The summed E-state index contributed by atoms with van der Waals surface area (Å²) in [5.74, 6) is 0.355. The first-order valence-electron chi connectivity index (χ1n) is 40.6. The van der Waals surface area contributed by atoms with Crippen LogP contribution in [0.3, 0.4) is 0 Å². The van der Waals surface area contributed by atoms with Crippen molar-refractivity contribution in [1.82, 2.24) is 0 Å². The molecule has 0 saturated carbocycles. The molecule has 20 nitrogen and oxygen atoms in total. The van der Waals surface area contributed by atoms with Crippen LogP contribution in [-0.2, 0) is 33.3 Å². The number of esters is 7. The van der Waals surface area contributed by atoms with E-state index in [1.54, 1.807) is 144 Å². The third kappa shape index (κ3) is 29.5. The first-order valence-corrected chi connectivity index (χ1v) is 40.9. The molecular formula is C105H97ClO20. The van der Waals surface area contributed by atoms with Crippen LogP contribution in [0.25, 0.3) is 66.8 Å². The van der Waals surface area contributed by atoms with Crippen LogP contribution in [0.5, 0.6) is 34.5 Å². The highest BCUT2D eigenvalue weighted by Gasteiger charge is 2.20. The van der Waals surface area contributed by atoms with Crippen LogP contribution in [0.1, 0.15) is 124 Å². The predicted octanol–water partition coefficient (Wildman–Crippen LogP) is 22.4. The lowest BCUT2D eigenvalue weighted by molar-refractivity contribution is -0.154. The summed E-state index contributed by atoms with van der Waals surface area (Å²) in [5, 5.41) is 8.82. The molecule has 12 rings (SSSR count). The van der Waals surface area contributed by atoms with Gasteiger partial charge in [0.05, 0.1) is 53.1 Å². The van der Waals surface area contributed by atoms with Crippen LogP contribution in [0.2, 0.25) is 0 Å². The van der Waals surface area contributed by atoms with Gasteiger partial charge in [0.1, 0.15) is 66.5 Å². The summed E-state index contributed by atoms with van der Waals surface area (Å²) in [7, 11) is 0. The van der Waals surface area contributed by atoms with Crippen molar-refractivity contribution in [3.63, 3.8) is 0 Å². The molecule has 0 aliphatic carbocycles. The normalized spacial score (nSPS) is 11.4. The Morgan fingerprint density at radius 2 is 0.548 bits per heavy atom. The Hall–Kier alpha value is -14.9. The molecule has 0 heterocycles. The van der Waals surface area contributed by atoms with E-state index in [1.807, 2.05) is 203 Å². The number of rotatable bonds is 33. The smallest absolute Gasteiger partial charge is 0.343 e. The van der Waals surface area contributed by atoms with E-state index >= 15 is 0 Å². The largest absolute Gasteiger partial charge is 0.491 e. The maximum atomic E-state index is 12.8.